The maximum absolute atomic E-state index is 11.2. The van der Waals surface area contributed by atoms with Gasteiger partial charge in [0.15, 0.2) is 0 Å². The Kier molecular flexibility index (Phi) is 3.94. The standard InChI is InChI=1S/C9H11N3O5/c1-11(17-3)8-7(12(14)15)4-6(5-10-8)9(13)16-2/h4-5H,1-3H3. The topological polar surface area (TPSA) is 94.8 Å². The Bertz CT molecular complexity index is 448. The van der Waals surface area contributed by atoms with Gasteiger partial charge in [-0.3, -0.25) is 15.0 Å². The minimum absolute atomic E-state index is 0.00477. The largest absolute Gasteiger partial charge is 0.465 e. The van der Waals surface area contributed by atoms with Crippen LogP contribution in [0.25, 0.3) is 0 Å². The Morgan fingerprint density at radius 1 is 1.53 bits per heavy atom. The molecule has 8 nitrogen and oxygen atoms in total. The predicted molar refractivity (Wildman–Crippen MR) is 57.6 cm³/mol. The third-order valence-electron chi connectivity index (χ3n) is 2.04. The van der Waals surface area contributed by atoms with Crippen LogP contribution in [-0.2, 0) is 9.57 Å². The molecule has 0 N–H and O–H groups in total. The summed E-state index contributed by atoms with van der Waals surface area (Å²) in [5, 5.41) is 12.0. The summed E-state index contributed by atoms with van der Waals surface area (Å²) >= 11 is 0. The number of nitro groups is 1. The van der Waals surface area contributed by atoms with Crippen molar-refractivity contribution in [3.8, 4) is 0 Å². The molecule has 8 heteroatoms. The van der Waals surface area contributed by atoms with Gasteiger partial charge in [0, 0.05) is 19.3 Å². The van der Waals surface area contributed by atoms with Crippen molar-refractivity contribution in [2.75, 3.05) is 26.3 Å². The number of carbonyl (C=O) groups is 1. The number of pyridine rings is 1. The zero-order valence-corrected chi connectivity index (χ0v) is 9.54. The second-order valence-electron chi connectivity index (χ2n) is 3.00. The number of hydrogen-bond acceptors (Lipinski definition) is 7. The van der Waals surface area contributed by atoms with Crippen LogP contribution in [0.5, 0.6) is 0 Å². The van der Waals surface area contributed by atoms with Crippen molar-refractivity contribution in [2.24, 2.45) is 0 Å². The molecule has 0 spiro atoms. The van der Waals surface area contributed by atoms with Gasteiger partial charge in [-0.05, 0) is 0 Å². The first-order chi connectivity index (χ1) is 8.01. The minimum atomic E-state index is -0.688. The average molecular weight is 241 g/mol. The van der Waals surface area contributed by atoms with Crippen molar-refractivity contribution in [2.45, 2.75) is 0 Å². The fourth-order valence-electron chi connectivity index (χ4n) is 1.14. The predicted octanol–water partition coefficient (Wildman–Crippen LogP) is 0.774. The Balaban J connectivity index is 3.26. The lowest BCUT2D eigenvalue weighted by Crippen LogP contribution is -2.18. The minimum Gasteiger partial charge on any atom is -0.465 e. The number of hydrogen-bond donors (Lipinski definition) is 0. The smallest absolute Gasteiger partial charge is 0.339 e. The summed E-state index contributed by atoms with van der Waals surface area (Å²) in [6, 6.07) is 1.09. The number of ether oxygens (including phenoxy) is 1. The van der Waals surface area contributed by atoms with Crippen LogP contribution in [-0.4, -0.2) is 37.1 Å². The summed E-state index contributed by atoms with van der Waals surface area (Å²) in [5.74, 6) is -0.683. The quantitative estimate of drug-likeness (QED) is 0.436. The van der Waals surface area contributed by atoms with Gasteiger partial charge in [0.1, 0.15) is 0 Å². The van der Waals surface area contributed by atoms with Crippen molar-refractivity contribution in [1.82, 2.24) is 4.98 Å². The highest BCUT2D eigenvalue weighted by atomic mass is 16.7. The fraction of sp³-hybridized carbons (Fsp3) is 0.333. The Morgan fingerprint density at radius 2 is 2.18 bits per heavy atom. The van der Waals surface area contributed by atoms with E-state index in [0.717, 1.165) is 11.1 Å². The summed E-state index contributed by atoms with van der Waals surface area (Å²) in [7, 11) is 4.00. The fourth-order valence-corrected chi connectivity index (χ4v) is 1.14. The van der Waals surface area contributed by atoms with Gasteiger partial charge in [-0.1, -0.05) is 0 Å². The SMILES string of the molecule is COC(=O)c1cnc(N(C)OC)c([N+](=O)[O-])c1. The number of nitrogens with zero attached hydrogens (tertiary/aromatic N) is 3. The van der Waals surface area contributed by atoms with E-state index in [-0.39, 0.29) is 17.1 Å². The van der Waals surface area contributed by atoms with Gasteiger partial charge in [0.05, 0.1) is 24.7 Å². The third kappa shape index (κ3) is 2.67. The van der Waals surface area contributed by atoms with E-state index < -0.39 is 10.9 Å². The van der Waals surface area contributed by atoms with Gasteiger partial charge in [-0.25, -0.2) is 14.8 Å². The van der Waals surface area contributed by atoms with E-state index in [1.165, 1.54) is 27.5 Å². The number of rotatable bonds is 4. The number of hydroxylamine groups is 1. The van der Waals surface area contributed by atoms with Crippen molar-refractivity contribution >= 4 is 17.5 Å². The highest BCUT2D eigenvalue weighted by Gasteiger charge is 2.22. The summed E-state index contributed by atoms with van der Waals surface area (Å²) in [6.45, 7) is 0. The molecular weight excluding hydrogens is 230 g/mol. The van der Waals surface area contributed by atoms with Crippen molar-refractivity contribution < 1.29 is 19.3 Å². The molecule has 0 aliphatic rings. The molecule has 0 unspecified atom stereocenters. The van der Waals surface area contributed by atoms with Crippen LogP contribution < -0.4 is 5.06 Å². The van der Waals surface area contributed by atoms with E-state index in [1.807, 2.05) is 0 Å². The molecule has 0 amide bonds. The van der Waals surface area contributed by atoms with E-state index in [4.69, 9.17) is 4.84 Å². The summed E-state index contributed by atoms with van der Waals surface area (Å²) in [5.41, 5.74) is -0.329. The zero-order valence-electron chi connectivity index (χ0n) is 9.54. The molecule has 17 heavy (non-hydrogen) atoms. The van der Waals surface area contributed by atoms with E-state index in [0.29, 0.717) is 0 Å². The first-order valence-corrected chi connectivity index (χ1v) is 4.51. The Morgan fingerprint density at radius 3 is 2.65 bits per heavy atom. The monoisotopic (exact) mass is 241 g/mol. The van der Waals surface area contributed by atoms with Gasteiger partial charge >= 0.3 is 11.7 Å². The number of methoxy groups -OCH3 is 1. The number of esters is 1. The van der Waals surface area contributed by atoms with Crippen LogP contribution in [0, 0.1) is 10.1 Å². The summed E-state index contributed by atoms with van der Waals surface area (Å²) < 4.78 is 4.45. The summed E-state index contributed by atoms with van der Waals surface area (Å²) in [4.78, 5) is 30.0. The van der Waals surface area contributed by atoms with Crippen LogP contribution in [0.2, 0.25) is 0 Å². The van der Waals surface area contributed by atoms with Gasteiger partial charge in [0.2, 0.25) is 5.82 Å². The molecule has 1 heterocycles. The number of aromatic nitrogens is 1. The molecule has 92 valence electrons. The van der Waals surface area contributed by atoms with E-state index in [9.17, 15) is 14.9 Å². The van der Waals surface area contributed by atoms with Crippen LogP contribution in [0.4, 0.5) is 11.5 Å². The molecule has 0 bridgehead atoms. The maximum Gasteiger partial charge on any atom is 0.339 e. The van der Waals surface area contributed by atoms with E-state index >= 15 is 0 Å². The zero-order chi connectivity index (χ0) is 13.0. The highest BCUT2D eigenvalue weighted by Crippen LogP contribution is 2.25. The van der Waals surface area contributed by atoms with Crippen LogP contribution in [0.3, 0.4) is 0 Å². The van der Waals surface area contributed by atoms with E-state index in [1.54, 1.807) is 0 Å². The van der Waals surface area contributed by atoms with E-state index in [2.05, 4.69) is 9.72 Å². The van der Waals surface area contributed by atoms with Gasteiger partial charge in [0.25, 0.3) is 0 Å². The first kappa shape index (κ1) is 12.8. The molecule has 1 rings (SSSR count). The first-order valence-electron chi connectivity index (χ1n) is 4.51. The molecule has 0 radical (unpaired) electrons. The van der Waals surface area contributed by atoms with Crippen molar-refractivity contribution in [3.63, 3.8) is 0 Å². The number of carbonyl (C=O) groups excluding carboxylic acids is 1. The van der Waals surface area contributed by atoms with Gasteiger partial charge in [-0.15, -0.1) is 0 Å². The lowest BCUT2D eigenvalue weighted by Gasteiger charge is -2.14. The van der Waals surface area contributed by atoms with Crippen molar-refractivity contribution in [3.05, 3.63) is 27.9 Å². The maximum atomic E-state index is 11.2. The third-order valence-corrected chi connectivity index (χ3v) is 2.04. The van der Waals surface area contributed by atoms with Crippen LogP contribution in [0.1, 0.15) is 10.4 Å². The molecule has 1 aromatic rings. The lowest BCUT2D eigenvalue weighted by molar-refractivity contribution is -0.384. The molecule has 0 fully saturated rings. The number of anilines is 1. The molecule has 0 aliphatic carbocycles. The molecule has 0 aliphatic heterocycles. The molecule has 0 saturated carbocycles. The van der Waals surface area contributed by atoms with Crippen LogP contribution >= 0.6 is 0 Å². The van der Waals surface area contributed by atoms with Gasteiger partial charge < -0.3 is 4.74 Å². The Hall–Kier alpha value is -2.22. The second kappa shape index (κ2) is 5.21. The molecule has 1 aromatic heterocycles. The molecule has 0 saturated heterocycles. The lowest BCUT2D eigenvalue weighted by atomic mass is 10.2. The molecule has 0 aromatic carbocycles. The van der Waals surface area contributed by atoms with Crippen molar-refractivity contribution in [1.29, 1.82) is 0 Å². The average Bonchev–Trinajstić information content (AvgIpc) is 2.35. The highest BCUT2D eigenvalue weighted by molar-refractivity contribution is 5.90. The molecular formula is C9H11N3O5. The van der Waals surface area contributed by atoms with Crippen LogP contribution in [0.15, 0.2) is 12.3 Å². The van der Waals surface area contributed by atoms with Gasteiger partial charge in [-0.2, -0.15) is 0 Å². The summed E-state index contributed by atoms with van der Waals surface area (Å²) in [6.07, 6.45) is 1.18. The Labute approximate surface area is 96.9 Å². The molecule has 0 atom stereocenters. The normalized spacial score (nSPS) is 9.82. The second-order valence-corrected chi connectivity index (χ2v) is 3.00.